The summed E-state index contributed by atoms with van der Waals surface area (Å²) in [6.07, 6.45) is 3.03. The van der Waals surface area contributed by atoms with Crippen molar-refractivity contribution in [3.05, 3.63) is 41.0 Å². The Kier molecular flexibility index (Phi) is 4.92. The Balaban J connectivity index is 1.72. The second-order valence-corrected chi connectivity index (χ2v) is 6.54. The van der Waals surface area contributed by atoms with E-state index in [1.165, 1.54) is 12.3 Å². The molecule has 1 saturated heterocycles. The van der Waals surface area contributed by atoms with Crippen LogP contribution in [-0.2, 0) is 7.05 Å². The molecule has 2 N–H and O–H groups in total. The van der Waals surface area contributed by atoms with Crippen LogP contribution in [0.4, 0.5) is 0 Å². The lowest BCUT2D eigenvalue weighted by Gasteiger charge is -2.33. The molecular formula is C18H23N5O3. The maximum absolute atomic E-state index is 12.9. The van der Waals surface area contributed by atoms with Gasteiger partial charge < -0.3 is 15.4 Å². The molecule has 1 aliphatic heterocycles. The van der Waals surface area contributed by atoms with Crippen LogP contribution in [0.2, 0.25) is 0 Å². The van der Waals surface area contributed by atoms with Crippen molar-refractivity contribution in [3.63, 3.8) is 0 Å². The quantitative estimate of drug-likeness (QED) is 0.886. The lowest BCUT2D eigenvalue weighted by molar-refractivity contribution is 0.0536. The summed E-state index contributed by atoms with van der Waals surface area (Å²) in [5.41, 5.74) is 7.67. The third kappa shape index (κ3) is 3.54. The molecular weight excluding hydrogens is 334 g/mol. The van der Waals surface area contributed by atoms with E-state index in [0.29, 0.717) is 24.4 Å². The zero-order valence-electron chi connectivity index (χ0n) is 15.2. The average Bonchev–Trinajstić information content (AvgIpc) is 2.87. The van der Waals surface area contributed by atoms with E-state index in [1.54, 1.807) is 15.6 Å². The molecule has 2 aromatic rings. The molecule has 0 aliphatic carbocycles. The maximum atomic E-state index is 12.9. The molecule has 1 unspecified atom stereocenters. The van der Waals surface area contributed by atoms with Crippen molar-refractivity contribution >= 4 is 11.8 Å². The van der Waals surface area contributed by atoms with E-state index < -0.39 is 5.91 Å². The number of hydrogen-bond donors (Lipinski definition) is 1. The van der Waals surface area contributed by atoms with Crippen LogP contribution < -0.4 is 10.5 Å². The fourth-order valence-corrected chi connectivity index (χ4v) is 3.27. The summed E-state index contributed by atoms with van der Waals surface area (Å²) < 4.78 is 7.69. The highest BCUT2D eigenvalue weighted by Gasteiger charge is 2.29. The molecule has 138 valence electrons. The number of carbonyl (C=O) groups excluding carboxylic acids is 2. The number of ether oxygens (including phenoxy) is 1. The number of hydrogen-bond acceptors (Lipinski definition) is 5. The van der Waals surface area contributed by atoms with E-state index in [-0.39, 0.29) is 17.7 Å². The summed E-state index contributed by atoms with van der Waals surface area (Å²) in [6, 6.07) is 3.21. The number of nitrogens with zero attached hydrogens (tertiary/aromatic N) is 4. The van der Waals surface area contributed by atoms with E-state index in [4.69, 9.17) is 10.5 Å². The van der Waals surface area contributed by atoms with Gasteiger partial charge in [-0.05, 0) is 32.8 Å². The van der Waals surface area contributed by atoms with Gasteiger partial charge in [-0.2, -0.15) is 5.10 Å². The minimum absolute atomic E-state index is 0.0195. The van der Waals surface area contributed by atoms with E-state index in [2.05, 4.69) is 10.1 Å². The molecule has 1 fully saturated rings. The average molecular weight is 357 g/mol. The smallest absolute Gasteiger partial charge is 0.267 e. The van der Waals surface area contributed by atoms with E-state index >= 15 is 0 Å². The molecule has 0 spiro atoms. The van der Waals surface area contributed by atoms with Crippen molar-refractivity contribution in [1.82, 2.24) is 19.7 Å². The van der Waals surface area contributed by atoms with Gasteiger partial charge in [-0.15, -0.1) is 0 Å². The first-order valence-electron chi connectivity index (χ1n) is 8.58. The zero-order chi connectivity index (χ0) is 18.8. The number of likely N-dealkylation sites (tertiary alicyclic amines) is 1. The molecule has 0 radical (unpaired) electrons. The predicted octanol–water partition coefficient (Wildman–Crippen LogP) is 1.21. The largest absolute Gasteiger partial charge is 0.488 e. The van der Waals surface area contributed by atoms with Gasteiger partial charge in [0.05, 0.1) is 17.8 Å². The molecule has 8 nitrogen and oxygen atoms in total. The van der Waals surface area contributed by atoms with Crippen molar-refractivity contribution in [1.29, 1.82) is 0 Å². The Labute approximate surface area is 151 Å². The number of nitrogens with two attached hydrogens (primary N) is 1. The third-order valence-electron chi connectivity index (χ3n) is 4.67. The van der Waals surface area contributed by atoms with Gasteiger partial charge in [-0.3, -0.25) is 19.3 Å². The molecule has 26 heavy (non-hydrogen) atoms. The summed E-state index contributed by atoms with van der Waals surface area (Å²) in [5, 5.41) is 4.33. The van der Waals surface area contributed by atoms with Crippen LogP contribution in [0.5, 0.6) is 5.75 Å². The van der Waals surface area contributed by atoms with Gasteiger partial charge in [0.25, 0.3) is 11.8 Å². The number of carbonyl (C=O) groups is 2. The lowest BCUT2D eigenvalue weighted by Crippen LogP contribution is -2.44. The van der Waals surface area contributed by atoms with Gasteiger partial charge in [0.15, 0.2) is 0 Å². The minimum Gasteiger partial charge on any atom is -0.488 e. The molecule has 8 heteroatoms. The fraction of sp³-hybridized carbons (Fsp3) is 0.444. The number of piperidine rings is 1. The second kappa shape index (κ2) is 7.15. The molecule has 0 aromatic carbocycles. The third-order valence-corrected chi connectivity index (χ3v) is 4.67. The number of aryl methyl sites for hydroxylation is 2. The van der Waals surface area contributed by atoms with Crippen molar-refractivity contribution in [2.75, 3.05) is 13.1 Å². The topological polar surface area (TPSA) is 103 Å². The maximum Gasteiger partial charge on any atom is 0.267 e. The van der Waals surface area contributed by atoms with Gasteiger partial charge in [-0.1, -0.05) is 0 Å². The van der Waals surface area contributed by atoms with Gasteiger partial charge in [0.2, 0.25) is 0 Å². The molecule has 1 aliphatic rings. The standard InChI is InChI=1S/C18H23N5O3/c1-11-16(12(2)22(3)21-11)18(25)23-8-4-5-14(10-23)26-13-6-7-20-15(9-13)17(19)24/h6-7,9,14H,4-5,8,10H2,1-3H3,(H2,19,24). The predicted molar refractivity (Wildman–Crippen MR) is 95.0 cm³/mol. The zero-order valence-corrected chi connectivity index (χ0v) is 15.2. The Morgan fingerprint density at radius 2 is 2.12 bits per heavy atom. The highest BCUT2D eigenvalue weighted by molar-refractivity contribution is 5.96. The van der Waals surface area contributed by atoms with Crippen molar-refractivity contribution in [2.45, 2.75) is 32.8 Å². The summed E-state index contributed by atoms with van der Waals surface area (Å²) in [7, 11) is 1.83. The van der Waals surface area contributed by atoms with E-state index in [9.17, 15) is 9.59 Å². The van der Waals surface area contributed by atoms with Gasteiger partial charge in [0.1, 0.15) is 17.5 Å². The van der Waals surface area contributed by atoms with E-state index in [1.807, 2.05) is 20.9 Å². The number of pyridine rings is 1. The van der Waals surface area contributed by atoms with E-state index in [0.717, 1.165) is 24.2 Å². The molecule has 2 aromatic heterocycles. The molecule has 3 heterocycles. The highest BCUT2D eigenvalue weighted by Crippen LogP contribution is 2.22. The molecule has 0 saturated carbocycles. The minimum atomic E-state index is -0.599. The summed E-state index contributed by atoms with van der Waals surface area (Å²) in [6.45, 7) is 4.92. The van der Waals surface area contributed by atoms with Crippen LogP contribution in [0.1, 0.15) is 45.1 Å². The van der Waals surface area contributed by atoms with Crippen LogP contribution in [0.15, 0.2) is 18.3 Å². The Hall–Kier alpha value is -2.90. The van der Waals surface area contributed by atoms with Gasteiger partial charge in [0, 0.05) is 31.5 Å². The monoisotopic (exact) mass is 357 g/mol. The Morgan fingerprint density at radius 1 is 1.35 bits per heavy atom. The first-order chi connectivity index (χ1) is 12.4. The Bertz CT molecular complexity index is 845. The lowest BCUT2D eigenvalue weighted by atomic mass is 10.1. The molecule has 1 atom stereocenters. The Morgan fingerprint density at radius 3 is 2.77 bits per heavy atom. The van der Waals surface area contributed by atoms with Crippen LogP contribution in [-0.4, -0.2) is 50.7 Å². The summed E-state index contributed by atoms with van der Waals surface area (Å²) in [4.78, 5) is 29.9. The normalized spacial score (nSPS) is 17.2. The molecule has 3 rings (SSSR count). The fourth-order valence-electron chi connectivity index (χ4n) is 3.27. The number of aromatic nitrogens is 3. The van der Waals surface area contributed by atoms with Crippen LogP contribution in [0, 0.1) is 13.8 Å². The number of primary amides is 1. The summed E-state index contributed by atoms with van der Waals surface area (Å²) >= 11 is 0. The molecule has 2 amide bonds. The SMILES string of the molecule is Cc1nn(C)c(C)c1C(=O)N1CCCC(Oc2ccnc(C(N)=O)c2)C1. The van der Waals surface area contributed by atoms with Crippen LogP contribution in [0.3, 0.4) is 0 Å². The van der Waals surface area contributed by atoms with Crippen LogP contribution >= 0.6 is 0 Å². The van der Waals surface area contributed by atoms with Crippen molar-refractivity contribution in [3.8, 4) is 5.75 Å². The van der Waals surface area contributed by atoms with Crippen molar-refractivity contribution < 1.29 is 14.3 Å². The van der Waals surface area contributed by atoms with Gasteiger partial charge in [-0.25, -0.2) is 0 Å². The number of amides is 2. The first kappa shape index (κ1) is 17.9. The summed E-state index contributed by atoms with van der Waals surface area (Å²) in [5.74, 6) is -0.0887. The second-order valence-electron chi connectivity index (χ2n) is 6.54. The first-order valence-corrected chi connectivity index (χ1v) is 8.58. The van der Waals surface area contributed by atoms with Crippen molar-refractivity contribution in [2.24, 2.45) is 12.8 Å². The molecule has 0 bridgehead atoms. The van der Waals surface area contributed by atoms with Gasteiger partial charge >= 0.3 is 0 Å². The highest BCUT2D eigenvalue weighted by atomic mass is 16.5. The number of rotatable bonds is 4. The van der Waals surface area contributed by atoms with Crippen LogP contribution in [0.25, 0.3) is 0 Å².